The van der Waals surface area contributed by atoms with E-state index in [4.69, 9.17) is 0 Å². The van der Waals surface area contributed by atoms with Crippen LogP contribution in [0.4, 0.5) is 0 Å². The highest BCUT2D eigenvalue weighted by molar-refractivity contribution is 6.45. The highest BCUT2D eigenvalue weighted by Crippen LogP contribution is 2.57. The van der Waals surface area contributed by atoms with Gasteiger partial charge in [-0.1, -0.05) is 170 Å². The highest BCUT2D eigenvalue weighted by Gasteiger charge is 2.34. The zero-order valence-electron chi connectivity index (χ0n) is 37.7. The molecule has 6 aromatic heterocycles. The van der Waals surface area contributed by atoms with E-state index in [2.05, 4.69) is 248 Å². The predicted molar refractivity (Wildman–Crippen MR) is 295 cm³/mol. The molecule has 70 heavy (non-hydrogen) atoms. The summed E-state index contributed by atoms with van der Waals surface area (Å²) in [4.78, 5) is 0. The maximum Gasteiger partial charge on any atom is 0.0634 e. The minimum Gasteiger partial charge on any atom is -0.309 e. The topological polar surface area (TPSA) is 18.7 Å². The Morgan fingerprint density at radius 3 is 0.943 bits per heavy atom. The van der Waals surface area contributed by atoms with E-state index in [9.17, 15) is 0 Å². The molecule has 0 radical (unpaired) electrons. The highest BCUT2D eigenvalue weighted by atomic mass is 15.0. The molecule has 0 amide bonds. The smallest absolute Gasteiger partial charge is 0.0634 e. The van der Waals surface area contributed by atoms with E-state index in [-0.39, 0.29) is 0 Å². The SMILES string of the molecule is c1ccc(-c2c3c4c5c6ccccc6n(-c6ccccc6)c5cc5c6ccccc6n(c3c(-c3ccccc3)c3c6c7c8ccccc8n(-c8ccccc8)c7cc7c8ccccc8n(c23)c76)c54)cc1. The Morgan fingerprint density at radius 2 is 0.543 bits per heavy atom. The molecule has 0 fully saturated rings. The van der Waals surface area contributed by atoms with Crippen molar-refractivity contribution in [2.24, 2.45) is 0 Å². The average Bonchev–Trinajstić information content (AvgIpc) is 4.26. The number of hydrogen-bond acceptors (Lipinski definition) is 0. The van der Waals surface area contributed by atoms with Crippen LogP contribution in [0.3, 0.4) is 0 Å². The lowest BCUT2D eigenvalue weighted by atomic mass is 9.88. The largest absolute Gasteiger partial charge is 0.309 e. The van der Waals surface area contributed by atoms with Crippen molar-refractivity contribution in [1.82, 2.24) is 17.9 Å². The molecule has 4 nitrogen and oxygen atoms in total. The van der Waals surface area contributed by atoms with Gasteiger partial charge in [0.05, 0.1) is 55.2 Å². The molecule has 0 aliphatic carbocycles. The molecule has 0 saturated carbocycles. The number of rotatable bonds is 4. The van der Waals surface area contributed by atoms with Crippen molar-refractivity contribution in [3.8, 4) is 33.6 Å². The van der Waals surface area contributed by atoms with Crippen molar-refractivity contribution in [3.63, 3.8) is 0 Å². The van der Waals surface area contributed by atoms with Crippen molar-refractivity contribution in [2.75, 3.05) is 0 Å². The van der Waals surface area contributed by atoms with Gasteiger partial charge in [-0.25, -0.2) is 0 Å². The molecule has 0 N–H and O–H groups in total. The third-order valence-corrected chi connectivity index (χ3v) is 15.7. The summed E-state index contributed by atoms with van der Waals surface area (Å²) in [6.07, 6.45) is 0. The second kappa shape index (κ2) is 13.2. The van der Waals surface area contributed by atoms with Gasteiger partial charge in [-0.3, -0.25) is 0 Å². The van der Waals surface area contributed by atoms with E-state index >= 15 is 0 Å². The van der Waals surface area contributed by atoms with Crippen molar-refractivity contribution >= 4 is 120 Å². The molecule has 6 heterocycles. The van der Waals surface area contributed by atoms with Crippen LogP contribution in [0.1, 0.15) is 0 Å². The Hall–Kier alpha value is -9.38. The average molecular weight is 887 g/mol. The van der Waals surface area contributed by atoms with E-state index in [0.29, 0.717) is 0 Å². The van der Waals surface area contributed by atoms with E-state index < -0.39 is 0 Å². The van der Waals surface area contributed by atoms with E-state index in [0.717, 1.165) is 11.4 Å². The Labute approximate surface area is 400 Å². The summed E-state index contributed by atoms with van der Waals surface area (Å²) >= 11 is 0. The molecular weight excluding hydrogens is 849 g/mol. The normalized spacial score (nSPS) is 12.6. The molecule has 0 saturated heterocycles. The number of aromatic nitrogens is 4. The van der Waals surface area contributed by atoms with Gasteiger partial charge in [-0.15, -0.1) is 0 Å². The molecule has 322 valence electrons. The standard InChI is InChI=1S/C66H38N4/c1-5-21-39(22-6-1)55-59-61-57-45-31-15-19-35-51(45)67(41-25-9-3-10-26-41)53(57)37-47-44-30-14-18-34-50(44)70(63(47)61)66(59)56(40-23-7-2-8-24-40)60-62-58-46-32-16-20-36-52(46)68(42-27-11-4-12-28-42)54(58)38-48-43-29-13-17-33-49(43)69(64(48)62)65(55)60/h1-38H. The minimum absolute atomic E-state index is 1.15. The first-order chi connectivity index (χ1) is 34.8. The number of fused-ring (bicyclic) bond motifs is 20. The van der Waals surface area contributed by atoms with Crippen molar-refractivity contribution < 1.29 is 0 Å². The molecule has 0 aliphatic rings. The van der Waals surface area contributed by atoms with Gasteiger partial charge in [-0.2, -0.15) is 0 Å². The first kappa shape index (κ1) is 36.7. The van der Waals surface area contributed by atoms with Crippen LogP contribution in [0.25, 0.3) is 153 Å². The Bertz CT molecular complexity index is 4690. The first-order valence-corrected chi connectivity index (χ1v) is 24.3. The van der Waals surface area contributed by atoms with Crippen LogP contribution in [0.15, 0.2) is 231 Å². The molecular formula is C66H38N4. The quantitative estimate of drug-likeness (QED) is 0.168. The minimum atomic E-state index is 1.15. The van der Waals surface area contributed by atoms with Crippen LogP contribution in [0, 0.1) is 0 Å². The summed E-state index contributed by atoms with van der Waals surface area (Å²) in [5, 5.41) is 15.2. The fourth-order valence-corrected chi connectivity index (χ4v) is 13.2. The number of benzene rings is 11. The molecule has 17 aromatic rings. The van der Waals surface area contributed by atoms with Crippen LogP contribution < -0.4 is 0 Å². The van der Waals surface area contributed by atoms with Crippen LogP contribution in [-0.4, -0.2) is 17.9 Å². The maximum absolute atomic E-state index is 2.66. The Balaban J connectivity index is 1.26. The van der Waals surface area contributed by atoms with Gasteiger partial charge in [-0.05, 0) is 71.8 Å². The molecule has 0 unspecified atom stereocenters. The van der Waals surface area contributed by atoms with Crippen LogP contribution >= 0.6 is 0 Å². The van der Waals surface area contributed by atoms with Gasteiger partial charge in [0.25, 0.3) is 0 Å². The van der Waals surface area contributed by atoms with Gasteiger partial charge < -0.3 is 17.9 Å². The monoisotopic (exact) mass is 886 g/mol. The second-order valence-corrected chi connectivity index (χ2v) is 19.1. The van der Waals surface area contributed by atoms with Gasteiger partial charge in [0, 0.05) is 87.1 Å². The maximum atomic E-state index is 2.66. The molecule has 0 aliphatic heterocycles. The van der Waals surface area contributed by atoms with E-state index in [1.807, 2.05) is 0 Å². The molecule has 0 atom stereocenters. The zero-order valence-corrected chi connectivity index (χ0v) is 37.7. The molecule has 0 spiro atoms. The lowest BCUT2D eigenvalue weighted by molar-refractivity contribution is 1.18. The Kier molecular flexibility index (Phi) is 6.92. The third kappa shape index (κ3) is 4.39. The van der Waals surface area contributed by atoms with Crippen LogP contribution in [-0.2, 0) is 0 Å². The molecule has 17 rings (SSSR count). The van der Waals surface area contributed by atoms with Crippen molar-refractivity contribution in [2.45, 2.75) is 0 Å². The van der Waals surface area contributed by atoms with E-state index in [1.54, 1.807) is 0 Å². The summed E-state index contributed by atoms with van der Waals surface area (Å²) < 4.78 is 10.3. The molecule has 0 bridgehead atoms. The number of para-hydroxylation sites is 6. The van der Waals surface area contributed by atoms with Crippen molar-refractivity contribution in [1.29, 1.82) is 0 Å². The van der Waals surface area contributed by atoms with Crippen LogP contribution in [0.2, 0.25) is 0 Å². The summed E-state index contributed by atoms with van der Waals surface area (Å²) in [5.74, 6) is 0. The first-order valence-electron chi connectivity index (χ1n) is 24.3. The third-order valence-electron chi connectivity index (χ3n) is 15.7. The van der Waals surface area contributed by atoms with Crippen molar-refractivity contribution in [3.05, 3.63) is 231 Å². The van der Waals surface area contributed by atoms with Crippen LogP contribution in [0.5, 0.6) is 0 Å². The van der Waals surface area contributed by atoms with Gasteiger partial charge in [0.1, 0.15) is 0 Å². The molecule has 11 aromatic carbocycles. The summed E-state index contributed by atoms with van der Waals surface area (Å²) in [6.45, 7) is 0. The number of hydrogen-bond donors (Lipinski definition) is 0. The summed E-state index contributed by atoms with van der Waals surface area (Å²) in [5.41, 5.74) is 19.4. The number of nitrogens with zero attached hydrogens (tertiary/aromatic N) is 4. The lowest BCUT2D eigenvalue weighted by Crippen LogP contribution is -1.94. The predicted octanol–water partition coefficient (Wildman–Crippen LogP) is 17.5. The lowest BCUT2D eigenvalue weighted by Gasteiger charge is -2.16. The summed E-state index contributed by atoms with van der Waals surface area (Å²) in [7, 11) is 0. The fourth-order valence-electron chi connectivity index (χ4n) is 13.2. The van der Waals surface area contributed by atoms with E-state index in [1.165, 1.54) is 142 Å². The van der Waals surface area contributed by atoms with Gasteiger partial charge >= 0.3 is 0 Å². The Morgan fingerprint density at radius 1 is 0.214 bits per heavy atom. The fraction of sp³-hybridized carbons (Fsp3) is 0. The zero-order chi connectivity index (χ0) is 45.3. The van der Waals surface area contributed by atoms with Gasteiger partial charge in [0.15, 0.2) is 0 Å². The van der Waals surface area contributed by atoms with Gasteiger partial charge in [0.2, 0.25) is 0 Å². The summed E-state index contributed by atoms with van der Waals surface area (Å²) in [6, 6.07) is 85.7. The second-order valence-electron chi connectivity index (χ2n) is 19.1. The molecule has 4 heteroatoms.